The van der Waals surface area contributed by atoms with Gasteiger partial charge in [-0.3, -0.25) is 0 Å². The first-order valence-electron chi connectivity index (χ1n) is 16.3. The summed E-state index contributed by atoms with van der Waals surface area (Å²) in [5, 5.41) is 12.8. The monoisotopic (exact) mass is 647 g/mol. The molecule has 1 N–H and O–H groups in total. The zero-order valence-corrected chi connectivity index (χ0v) is 26.8. The van der Waals surface area contributed by atoms with Gasteiger partial charge in [-0.15, -0.1) is 11.3 Å². The van der Waals surface area contributed by atoms with Crippen molar-refractivity contribution in [3.8, 4) is 0 Å². The number of benzene rings is 7. The molecule has 3 aromatic heterocycles. The van der Waals surface area contributed by atoms with Crippen LogP contribution in [0.25, 0.3) is 74.8 Å². The third kappa shape index (κ3) is 3.98. The quantitative estimate of drug-likeness (QED) is 0.208. The highest BCUT2D eigenvalue weighted by atomic mass is 32.1. The Bertz CT molecular complexity index is 3040. The molecule has 1 unspecified atom stereocenters. The average molecular weight is 648 g/mol. The van der Waals surface area contributed by atoms with E-state index in [1.165, 1.54) is 20.9 Å². The fraction of sp³-hybridized carbons (Fsp3) is 0.0233. The Morgan fingerprint density at radius 2 is 1.37 bits per heavy atom. The van der Waals surface area contributed by atoms with Crippen LogP contribution in [0, 0.1) is 0 Å². The smallest absolute Gasteiger partial charge is 0.159 e. The summed E-state index contributed by atoms with van der Waals surface area (Å²) in [6.07, 6.45) is -0.333. The van der Waals surface area contributed by atoms with Gasteiger partial charge in [-0.1, -0.05) is 103 Å². The number of furan rings is 2. The Balaban J connectivity index is 1.16. The van der Waals surface area contributed by atoms with E-state index in [1.807, 2.05) is 18.2 Å². The van der Waals surface area contributed by atoms with Crippen molar-refractivity contribution in [2.45, 2.75) is 6.17 Å². The van der Waals surface area contributed by atoms with Crippen molar-refractivity contribution in [3.05, 3.63) is 156 Å². The van der Waals surface area contributed by atoms with Gasteiger partial charge in [0.1, 0.15) is 34.3 Å². The summed E-state index contributed by atoms with van der Waals surface area (Å²) in [6.45, 7) is 0. The topological polar surface area (TPSA) is 63.0 Å². The lowest BCUT2D eigenvalue weighted by molar-refractivity contribution is 0.667. The van der Waals surface area contributed by atoms with Crippen LogP contribution >= 0.6 is 11.3 Å². The lowest BCUT2D eigenvalue weighted by Crippen LogP contribution is -2.33. The van der Waals surface area contributed by atoms with Crippen LogP contribution in [0.4, 0.5) is 0 Å². The van der Waals surface area contributed by atoms with Gasteiger partial charge in [0.2, 0.25) is 0 Å². The molecule has 7 aromatic carbocycles. The summed E-state index contributed by atoms with van der Waals surface area (Å²) >= 11 is 1.77. The SMILES string of the molecule is c1ccc(C2N=C(c3ccc4c(c3)oc3ccc5ccccc5c34)N=C(c3cc4c5ccccc5oc4c4c3sc3ccccc34)N2)cc1. The minimum atomic E-state index is -0.333. The molecule has 0 spiro atoms. The summed E-state index contributed by atoms with van der Waals surface area (Å²) in [5.41, 5.74) is 6.46. The largest absolute Gasteiger partial charge is 0.456 e. The summed E-state index contributed by atoms with van der Waals surface area (Å²) in [4.78, 5) is 10.5. The number of thiophene rings is 1. The Hall–Kier alpha value is -6.24. The van der Waals surface area contributed by atoms with Gasteiger partial charge in [-0.2, -0.15) is 0 Å². The molecule has 0 saturated carbocycles. The number of hydrogen-bond acceptors (Lipinski definition) is 6. The first kappa shape index (κ1) is 26.8. The summed E-state index contributed by atoms with van der Waals surface area (Å²) in [5.74, 6) is 1.43. The molecule has 0 fully saturated rings. The van der Waals surface area contributed by atoms with Crippen molar-refractivity contribution in [3.63, 3.8) is 0 Å². The van der Waals surface area contributed by atoms with Crippen molar-refractivity contribution in [2.75, 3.05) is 0 Å². The van der Waals surface area contributed by atoms with E-state index in [-0.39, 0.29) is 6.17 Å². The first-order chi connectivity index (χ1) is 24.3. The summed E-state index contributed by atoms with van der Waals surface area (Å²) < 4.78 is 15.4. The number of fused-ring (bicyclic) bond motifs is 12. The standard InChI is InChI=1S/C43H25N3O2S/c1-2-11-25(12-3-1)41-44-42(26-18-20-29-35(22-26)47-34-21-19-24-10-4-5-13-27(24)37(29)34)46-43(45-41)32-23-31-28-14-6-8-16-33(28)48-39(31)38-30-15-7-9-17-36(30)49-40(32)38/h1-23,41H,(H,44,45,46). The van der Waals surface area contributed by atoms with Crippen molar-refractivity contribution >= 4 is 97.8 Å². The summed E-state index contributed by atoms with van der Waals surface area (Å²) in [6, 6.07) is 48.4. The summed E-state index contributed by atoms with van der Waals surface area (Å²) in [7, 11) is 0. The molecule has 0 saturated heterocycles. The van der Waals surface area contributed by atoms with Gasteiger partial charge in [0.25, 0.3) is 0 Å². The Labute approximate surface area is 283 Å². The average Bonchev–Trinajstić information content (AvgIpc) is 3.85. The second-order valence-corrected chi connectivity index (χ2v) is 13.6. The number of amidine groups is 2. The van der Waals surface area contributed by atoms with Gasteiger partial charge in [0, 0.05) is 48.1 Å². The number of nitrogens with one attached hydrogen (secondary N) is 1. The molecule has 1 aliphatic heterocycles. The lowest BCUT2D eigenvalue weighted by Gasteiger charge is -2.24. The van der Waals surface area contributed by atoms with Gasteiger partial charge in [0.15, 0.2) is 5.84 Å². The lowest BCUT2D eigenvalue weighted by atomic mass is 10.0. The number of rotatable bonds is 3. The van der Waals surface area contributed by atoms with Crippen LogP contribution in [0.2, 0.25) is 0 Å². The molecule has 11 rings (SSSR count). The minimum Gasteiger partial charge on any atom is -0.456 e. The number of hydrogen-bond donors (Lipinski definition) is 1. The molecule has 0 bridgehead atoms. The maximum Gasteiger partial charge on any atom is 0.159 e. The van der Waals surface area contributed by atoms with Crippen molar-refractivity contribution < 1.29 is 8.83 Å². The highest BCUT2D eigenvalue weighted by molar-refractivity contribution is 7.26. The van der Waals surface area contributed by atoms with E-state index in [0.717, 1.165) is 76.5 Å². The molecular weight excluding hydrogens is 623 g/mol. The van der Waals surface area contributed by atoms with Crippen molar-refractivity contribution in [1.29, 1.82) is 0 Å². The van der Waals surface area contributed by atoms with E-state index in [2.05, 4.69) is 127 Å². The molecule has 4 heterocycles. The van der Waals surface area contributed by atoms with Gasteiger partial charge in [0.05, 0.1) is 4.70 Å². The molecule has 0 radical (unpaired) electrons. The maximum atomic E-state index is 6.56. The highest BCUT2D eigenvalue weighted by Gasteiger charge is 2.26. The molecule has 10 aromatic rings. The highest BCUT2D eigenvalue weighted by Crippen LogP contribution is 2.44. The van der Waals surface area contributed by atoms with Crippen molar-refractivity contribution in [1.82, 2.24) is 5.32 Å². The second-order valence-electron chi connectivity index (χ2n) is 12.5. The van der Waals surface area contributed by atoms with Crippen LogP contribution in [-0.4, -0.2) is 11.7 Å². The fourth-order valence-electron chi connectivity index (χ4n) is 7.45. The van der Waals surface area contributed by atoms with E-state index >= 15 is 0 Å². The molecule has 49 heavy (non-hydrogen) atoms. The van der Waals surface area contributed by atoms with Gasteiger partial charge in [-0.05, 0) is 52.7 Å². The number of aliphatic imine (C=N–C) groups is 2. The Kier molecular flexibility index (Phi) is 5.54. The van der Waals surface area contributed by atoms with E-state index < -0.39 is 0 Å². The van der Waals surface area contributed by atoms with Crippen LogP contribution in [-0.2, 0) is 0 Å². The predicted molar refractivity (Wildman–Crippen MR) is 203 cm³/mol. The zero-order valence-electron chi connectivity index (χ0n) is 26.0. The van der Waals surface area contributed by atoms with Crippen LogP contribution < -0.4 is 5.32 Å². The third-order valence-corrected chi connectivity index (χ3v) is 10.9. The van der Waals surface area contributed by atoms with Crippen LogP contribution in [0.3, 0.4) is 0 Å². The Morgan fingerprint density at radius 1 is 0.571 bits per heavy atom. The van der Waals surface area contributed by atoms with E-state index in [4.69, 9.17) is 18.8 Å². The molecule has 230 valence electrons. The predicted octanol–water partition coefficient (Wildman–Crippen LogP) is 11.5. The van der Waals surface area contributed by atoms with Crippen molar-refractivity contribution in [2.24, 2.45) is 9.98 Å². The van der Waals surface area contributed by atoms with Crippen LogP contribution in [0.5, 0.6) is 0 Å². The van der Waals surface area contributed by atoms with Crippen LogP contribution in [0.15, 0.2) is 158 Å². The minimum absolute atomic E-state index is 0.333. The van der Waals surface area contributed by atoms with E-state index in [0.29, 0.717) is 5.84 Å². The zero-order chi connectivity index (χ0) is 32.1. The maximum absolute atomic E-state index is 6.56. The normalized spacial score (nSPS) is 15.1. The van der Waals surface area contributed by atoms with E-state index in [1.54, 1.807) is 11.3 Å². The molecule has 1 aliphatic rings. The molecule has 6 heteroatoms. The van der Waals surface area contributed by atoms with Crippen LogP contribution in [0.1, 0.15) is 22.9 Å². The molecular formula is C43H25N3O2S. The van der Waals surface area contributed by atoms with Gasteiger partial charge < -0.3 is 14.2 Å². The Morgan fingerprint density at radius 3 is 2.29 bits per heavy atom. The third-order valence-electron chi connectivity index (χ3n) is 9.72. The first-order valence-corrected chi connectivity index (χ1v) is 17.2. The fourth-order valence-corrected chi connectivity index (χ4v) is 8.66. The van der Waals surface area contributed by atoms with Gasteiger partial charge >= 0.3 is 0 Å². The molecule has 0 amide bonds. The molecule has 1 atom stereocenters. The molecule has 0 aliphatic carbocycles. The van der Waals surface area contributed by atoms with E-state index in [9.17, 15) is 0 Å². The number of para-hydroxylation sites is 1. The number of nitrogens with zero attached hydrogens (tertiary/aromatic N) is 2. The second kappa shape index (κ2) is 10.1. The molecule has 5 nitrogen and oxygen atoms in total. The van der Waals surface area contributed by atoms with Gasteiger partial charge in [-0.25, -0.2) is 9.98 Å².